The zero-order chi connectivity index (χ0) is 16.4. The fourth-order valence-corrected chi connectivity index (χ4v) is 3.27. The van der Waals surface area contributed by atoms with Gasteiger partial charge in [0.05, 0.1) is 6.10 Å². The van der Waals surface area contributed by atoms with Gasteiger partial charge < -0.3 is 10.1 Å². The van der Waals surface area contributed by atoms with Crippen molar-refractivity contribution >= 4 is 12.0 Å². The standard InChI is InChI=1S/C18H22N4O2/c23-18(20-14-8-11-24-16(12-14)13-6-7-13)21-17-19-9-10-22(17)15-4-2-1-3-5-15/h1-5,9-10,13-14,16H,6-8,11-12H2,(H2,19,20,21,23)/t14-,16+/m1/s1. The van der Waals surface area contributed by atoms with Crippen LogP contribution < -0.4 is 10.6 Å². The van der Waals surface area contributed by atoms with Crippen LogP contribution in [-0.2, 0) is 4.74 Å². The summed E-state index contributed by atoms with van der Waals surface area (Å²) in [7, 11) is 0. The van der Waals surface area contributed by atoms with Crippen molar-refractivity contribution in [2.75, 3.05) is 11.9 Å². The van der Waals surface area contributed by atoms with Crippen molar-refractivity contribution in [2.24, 2.45) is 5.92 Å². The van der Waals surface area contributed by atoms with Gasteiger partial charge in [0.15, 0.2) is 0 Å². The Kier molecular flexibility index (Phi) is 4.21. The first-order chi connectivity index (χ1) is 11.8. The normalized spacial score (nSPS) is 23.7. The van der Waals surface area contributed by atoms with Gasteiger partial charge in [0.2, 0.25) is 5.95 Å². The van der Waals surface area contributed by atoms with Crippen LogP contribution in [0.15, 0.2) is 42.7 Å². The summed E-state index contributed by atoms with van der Waals surface area (Å²) in [6, 6.07) is 9.79. The largest absolute Gasteiger partial charge is 0.378 e. The van der Waals surface area contributed by atoms with Crippen LogP contribution in [0, 0.1) is 5.92 Å². The first-order valence-corrected chi connectivity index (χ1v) is 8.57. The second-order valence-electron chi connectivity index (χ2n) is 6.52. The molecule has 1 aromatic carbocycles. The van der Waals surface area contributed by atoms with Crippen LogP contribution in [-0.4, -0.2) is 34.3 Å². The number of carbonyl (C=O) groups excluding carboxylic acids is 1. The van der Waals surface area contributed by atoms with Gasteiger partial charge in [-0.15, -0.1) is 0 Å². The molecule has 6 heteroatoms. The minimum absolute atomic E-state index is 0.171. The highest BCUT2D eigenvalue weighted by atomic mass is 16.5. The van der Waals surface area contributed by atoms with Crippen molar-refractivity contribution in [3.8, 4) is 5.69 Å². The number of para-hydroxylation sites is 1. The first kappa shape index (κ1) is 15.2. The third-order valence-corrected chi connectivity index (χ3v) is 4.70. The molecule has 126 valence electrons. The molecule has 2 atom stereocenters. The van der Waals surface area contributed by atoms with Gasteiger partial charge in [-0.05, 0) is 43.7 Å². The molecule has 2 aliphatic rings. The van der Waals surface area contributed by atoms with Crippen molar-refractivity contribution in [2.45, 2.75) is 37.8 Å². The number of carbonyl (C=O) groups is 1. The van der Waals surface area contributed by atoms with Crippen LogP contribution >= 0.6 is 0 Å². The number of nitrogens with one attached hydrogen (secondary N) is 2. The van der Waals surface area contributed by atoms with Crippen molar-refractivity contribution in [3.05, 3.63) is 42.7 Å². The number of rotatable bonds is 4. The Hall–Kier alpha value is -2.34. The molecule has 24 heavy (non-hydrogen) atoms. The summed E-state index contributed by atoms with van der Waals surface area (Å²) >= 11 is 0. The predicted molar refractivity (Wildman–Crippen MR) is 91.2 cm³/mol. The third-order valence-electron chi connectivity index (χ3n) is 4.70. The van der Waals surface area contributed by atoms with E-state index in [2.05, 4.69) is 15.6 Å². The molecule has 2 aromatic rings. The van der Waals surface area contributed by atoms with Crippen LogP contribution in [0.2, 0.25) is 0 Å². The Morgan fingerprint density at radius 3 is 2.83 bits per heavy atom. The lowest BCUT2D eigenvalue weighted by molar-refractivity contribution is -0.00890. The minimum Gasteiger partial charge on any atom is -0.378 e. The Bertz CT molecular complexity index is 696. The molecule has 1 saturated carbocycles. The number of hydrogen-bond acceptors (Lipinski definition) is 3. The first-order valence-electron chi connectivity index (χ1n) is 8.57. The fourth-order valence-electron chi connectivity index (χ4n) is 3.27. The zero-order valence-corrected chi connectivity index (χ0v) is 13.5. The molecule has 0 unspecified atom stereocenters. The molecular formula is C18H22N4O2. The van der Waals surface area contributed by atoms with E-state index in [0.717, 1.165) is 25.1 Å². The molecule has 1 aliphatic heterocycles. The number of benzene rings is 1. The van der Waals surface area contributed by atoms with E-state index in [1.807, 2.05) is 41.1 Å². The van der Waals surface area contributed by atoms with Gasteiger partial charge in [0, 0.05) is 30.7 Å². The van der Waals surface area contributed by atoms with E-state index in [-0.39, 0.29) is 12.1 Å². The van der Waals surface area contributed by atoms with Gasteiger partial charge >= 0.3 is 6.03 Å². The highest BCUT2D eigenvalue weighted by Crippen LogP contribution is 2.38. The average Bonchev–Trinajstić information content (AvgIpc) is 3.36. The Labute approximate surface area is 141 Å². The van der Waals surface area contributed by atoms with E-state index >= 15 is 0 Å². The maximum atomic E-state index is 12.3. The molecule has 2 amide bonds. The smallest absolute Gasteiger partial charge is 0.321 e. The summed E-state index contributed by atoms with van der Waals surface area (Å²) < 4.78 is 7.67. The van der Waals surface area contributed by atoms with Gasteiger partial charge in [-0.2, -0.15) is 0 Å². The van der Waals surface area contributed by atoms with E-state index in [9.17, 15) is 4.79 Å². The van der Waals surface area contributed by atoms with Gasteiger partial charge in [-0.25, -0.2) is 9.78 Å². The highest BCUT2D eigenvalue weighted by molar-refractivity contribution is 5.88. The molecule has 2 fully saturated rings. The number of urea groups is 1. The summed E-state index contributed by atoms with van der Waals surface area (Å²) in [6.45, 7) is 0.727. The van der Waals surface area contributed by atoms with Crippen molar-refractivity contribution in [3.63, 3.8) is 0 Å². The molecule has 1 aromatic heterocycles. The van der Waals surface area contributed by atoms with Crippen molar-refractivity contribution in [1.82, 2.24) is 14.9 Å². The Balaban J connectivity index is 1.37. The summed E-state index contributed by atoms with van der Waals surface area (Å²) in [4.78, 5) is 16.6. The lowest BCUT2D eigenvalue weighted by Crippen LogP contribution is -2.44. The monoisotopic (exact) mass is 326 g/mol. The topological polar surface area (TPSA) is 68.2 Å². The van der Waals surface area contributed by atoms with Crippen LogP contribution in [0.3, 0.4) is 0 Å². The molecule has 0 spiro atoms. The van der Waals surface area contributed by atoms with E-state index < -0.39 is 0 Å². The number of ether oxygens (including phenoxy) is 1. The lowest BCUT2D eigenvalue weighted by atomic mass is 10.0. The van der Waals surface area contributed by atoms with Crippen LogP contribution in [0.5, 0.6) is 0 Å². The summed E-state index contributed by atoms with van der Waals surface area (Å²) in [5.74, 6) is 1.22. The van der Waals surface area contributed by atoms with E-state index in [1.165, 1.54) is 12.8 Å². The molecule has 2 N–H and O–H groups in total. The van der Waals surface area contributed by atoms with Crippen molar-refractivity contribution in [1.29, 1.82) is 0 Å². The Morgan fingerprint density at radius 2 is 2.04 bits per heavy atom. The van der Waals surface area contributed by atoms with Gasteiger partial charge in [-0.1, -0.05) is 18.2 Å². The molecule has 0 bridgehead atoms. The predicted octanol–water partition coefficient (Wildman–Crippen LogP) is 2.95. The number of amides is 2. The molecule has 0 radical (unpaired) electrons. The van der Waals surface area contributed by atoms with Crippen LogP contribution in [0.1, 0.15) is 25.7 Å². The summed E-state index contributed by atoms with van der Waals surface area (Å²) in [5.41, 5.74) is 0.963. The second kappa shape index (κ2) is 6.65. The maximum Gasteiger partial charge on any atom is 0.321 e. The molecular weight excluding hydrogens is 304 g/mol. The van der Waals surface area contributed by atoms with Gasteiger partial charge in [0.1, 0.15) is 0 Å². The molecule has 2 heterocycles. The number of aromatic nitrogens is 2. The average molecular weight is 326 g/mol. The van der Waals surface area contributed by atoms with Gasteiger partial charge in [-0.3, -0.25) is 9.88 Å². The number of imidazole rings is 1. The lowest BCUT2D eigenvalue weighted by Gasteiger charge is -2.30. The maximum absolute atomic E-state index is 12.3. The zero-order valence-electron chi connectivity index (χ0n) is 13.5. The number of anilines is 1. The molecule has 1 saturated heterocycles. The minimum atomic E-state index is -0.208. The van der Waals surface area contributed by atoms with Crippen LogP contribution in [0.25, 0.3) is 5.69 Å². The Morgan fingerprint density at radius 1 is 1.21 bits per heavy atom. The number of nitrogens with zero attached hydrogens (tertiary/aromatic N) is 2. The summed E-state index contributed by atoms with van der Waals surface area (Å²) in [5, 5.41) is 5.92. The molecule has 4 rings (SSSR count). The third kappa shape index (κ3) is 3.43. The quantitative estimate of drug-likeness (QED) is 0.907. The fraction of sp³-hybridized carbons (Fsp3) is 0.444. The van der Waals surface area contributed by atoms with Gasteiger partial charge in [0.25, 0.3) is 0 Å². The summed E-state index contributed by atoms with van der Waals surface area (Å²) in [6.07, 6.45) is 8.13. The second-order valence-corrected chi connectivity index (χ2v) is 6.52. The van der Waals surface area contributed by atoms with Crippen molar-refractivity contribution < 1.29 is 9.53 Å². The van der Waals surface area contributed by atoms with E-state index in [4.69, 9.17) is 4.74 Å². The molecule has 6 nitrogen and oxygen atoms in total. The SMILES string of the molecule is O=C(Nc1nccn1-c1ccccc1)N[C@@H]1CCO[C@H](C2CC2)C1. The molecule has 1 aliphatic carbocycles. The van der Waals surface area contributed by atoms with E-state index in [0.29, 0.717) is 18.0 Å². The van der Waals surface area contributed by atoms with Crippen LogP contribution in [0.4, 0.5) is 10.7 Å². The van der Waals surface area contributed by atoms with E-state index in [1.54, 1.807) is 6.20 Å². The highest BCUT2D eigenvalue weighted by Gasteiger charge is 2.36. The number of hydrogen-bond donors (Lipinski definition) is 2.